The van der Waals surface area contributed by atoms with E-state index in [-0.39, 0.29) is 41.1 Å². The van der Waals surface area contributed by atoms with Crippen LogP contribution in [0.4, 0.5) is 0 Å². The van der Waals surface area contributed by atoms with Crippen LogP contribution >= 0.6 is 0 Å². The quantitative estimate of drug-likeness (QED) is 0.241. The highest BCUT2D eigenvalue weighted by Crippen LogP contribution is 2.67. The van der Waals surface area contributed by atoms with Gasteiger partial charge in [-0.15, -0.1) is 0 Å². The summed E-state index contributed by atoms with van der Waals surface area (Å²) in [5.74, 6) is 1.42. The van der Waals surface area contributed by atoms with Crippen molar-refractivity contribution in [1.82, 2.24) is 0 Å². The first-order valence-corrected chi connectivity index (χ1v) is 16.9. The summed E-state index contributed by atoms with van der Waals surface area (Å²) in [5.41, 5.74) is 0.688. The third-order valence-corrected chi connectivity index (χ3v) is 11.6. The number of aliphatic hydroxyl groups excluding tert-OH is 1. The van der Waals surface area contributed by atoms with Gasteiger partial charge in [0.05, 0.1) is 18.8 Å². The summed E-state index contributed by atoms with van der Waals surface area (Å²) in [7, 11) is -9.04. The lowest BCUT2D eigenvalue weighted by Gasteiger charge is -2.60. The van der Waals surface area contributed by atoms with Crippen molar-refractivity contribution >= 4 is 20.8 Å². The molecule has 0 aromatic rings. The van der Waals surface area contributed by atoms with Crippen molar-refractivity contribution in [3.8, 4) is 0 Å². The predicted molar refractivity (Wildman–Crippen MR) is 143 cm³/mol. The molecule has 0 spiro atoms. The largest absolute Gasteiger partial charge is 0.397 e. The molecule has 9 atom stereocenters. The average molecular weight is 579 g/mol. The molecule has 3 N–H and O–H groups in total. The zero-order valence-corrected chi connectivity index (χ0v) is 24.7. The van der Waals surface area contributed by atoms with E-state index < -0.39 is 33.0 Å². The molecule has 0 aromatic carbocycles. The molecule has 9 nitrogen and oxygen atoms in total. The SMILES string of the molecule is CC(C)CCC[C@@H](COS(=O)(=O)O)[C@H]1CC[C@H]2[C@@H]3CC=C4CC(OS(=O)(=O)O)CC[C@]4(C)[C@H]3C(O)C[C@]12C. The van der Waals surface area contributed by atoms with Gasteiger partial charge in [-0.1, -0.05) is 52.2 Å². The highest BCUT2D eigenvalue weighted by atomic mass is 32.3. The lowest BCUT2D eigenvalue weighted by molar-refractivity contribution is -0.131. The maximum Gasteiger partial charge on any atom is 0.397 e. The summed E-state index contributed by atoms with van der Waals surface area (Å²) in [5, 5.41) is 11.7. The van der Waals surface area contributed by atoms with Gasteiger partial charge in [0.25, 0.3) is 0 Å². The van der Waals surface area contributed by atoms with Crippen LogP contribution in [0.15, 0.2) is 11.6 Å². The summed E-state index contributed by atoms with van der Waals surface area (Å²) < 4.78 is 73.7. The van der Waals surface area contributed by atoms with E-state index in [1.54, 1.807) is 0 Å². The van der Waals surface area contributed by atoms with Gasteiger partial charge in [-0.25, -0.2) is 8.37 Å². The lowest BCUT2D eigenvalue weighted by Crippen LogP contribution is -2.57. The predicted octanol–water partition coefficient (Wildman–Crippen LogP) is 4.99. The minimum atomic E-state index is -4.53. The van der Waals surface area contributed by atoms with E-state index in [9.17, 15) is 26.5 Å². The van der Waals surface area contributed by atoms with Gasteiger partial charge >= 0.3 is 20.8 Å². The number of rotatable bonds is 10. The molecule has 0 heterocycles. The average Bonchev–Trinajstić information content (AvgIpc) is 3.10. The second kappa shape index (κ2) is 11.0. The van der Waals surface area contributed by atoms with Crippen molar-refractivity contribution < 1.29 is 39.4 Å². The summed E-state index contributed by atoms with van der Waals surface area (Å²) in [6.07, 6.45) is 8.91. The fourth-order valence-electron chi connectivity index (χ4n) is 9.19. The Morgan fingerprint density at radius 2 is 1.76 bits per heavy atom. The van der Waals surface area contributed by atoms with Crippen LogP contribution in [0.3, 0.4) is 0 Å². The molecule has 0 aliphatic heterocycles. The van der Waals surface area contributed by atoms with Crippen molar-refractivity contribution in [3.63, 3.8) is 0 Å². The Balaban J connectivity index is 1.56. The maximum absolute atomic E-state index is 11.7. The van der Waals surface area contributed by atoms with Crippen LogP contribution in [0, 0.1) is 46.3 Å². The molecule has 0 radical (unpaired) electrons. The molecule has 0 amide bonds. The van der Waals surface area contributed by atoms with Crippen LogP contribution in [0.5, 0.6) is 0 Å². The first-order chi connectivity index (χ1) is 17.5. The van der Waals surface area contributed by atoms with Gasteiger partial charge in [-0.05, 0) is 97.7 Å². The van der Waals surface area contributed by atoms with Gasteiger partial charge < -0.3 is 5.11 Å². The second-order valence-corrected chi connectivity index (χ2v) is 15.5. The van der Waals surface area contributed by atoms with Crippen LogP contribution < -0.4 is 0 Å². The van der Waals surface area contributed by atoms with Gasteiger partial charge in [-0.2, -0.15) is 16.8 Å². The molecular weight excluding hydrogens is 532 g/mol. The van der Waals surface area contributed by atoms with E-state index in [2.05, 4.69) is 33.8 Å². The molecular formula is C27H46O9S2. The molecule has 4 rings (SSSR count). The smallest absolute Gasteiger partial charge is 0.393 e. The van der Waals surface area contributed by atoms with Gasteiger partial charge in [0.2, 0.25) is 0 Å². The zero-order valence-electron chi connectivity index (χ0n) is 23.1. The van der Waals surface area contributed by atoms with Gasteiger partial charge in [0, 0.05) is 0 Å². The molecule has 38 heavy (non-hydrogen) atoms. The van der Waals surface area contributed by atoms with E-state index >= 15 is 0 Å². The van der Waals surface area contributed by atoms with Crippen LogP contribution in [-0.4, -0.2) is 49.9 Å². The zero-order chi connectivity index (χ0) is 28.1. The van der Waals surface area contributed by atoms with Gasteiger partial charge in [-0.3, -0.25) is 9.11 Å². The van der Waals surface area contributed by atoms with E-state index in [4.69, 9.17) is 12.9 Å². The maximum atomic E-state index is 11.7. The third-order valence-electron chi connectivity index (χ3n) is 10.7. The van der Waals surface area contributed by atoms with E-state index in [0.29, 0.717) is 37.5 Å². The third kappa shape index (κ3) is 6.34. The second-order valence-electron chi connectivity index (χ2n) is 13.3. The van der Waals surface area contributed by atoms with Crippen molar-refractivity contribution in [3.05, 3.63) is 11.6 Å². The Morgan fingerprint density at radius 3 is 2.39 bits per heavy atom. The van der Waals surface area contributed by atoms with Crippen LogP contribution in [0.1, 0.15) is 91.9 Å². The highest BCUT2D eigenvalue weighted by molar-refractivity contribution is 7.81. The number of aliphatic hydroxyl groups is 1. The Bertz CT molecular complexity index is 1100. The van der Waals surface area contributed by atoms with Crippen molar-refractivity contribution in [2.75, 3.05) is 6.61 Å². The topological polar surface area (TPSA) is 147 Å². The molecule has 11 heteroatoms. The Labute approximate surface area is 228 Å². The number of hydrogen-bond donors (Lipinski definition) is 3. The normalized spacial score (nSPS) is 40.3. The Hall–Kier alpha value is -0.560. The van der Waals surface area contributed by atoms with Gasteiger partial charge in [0.15, 0.2) is 0 Å². The standard InChI is InChI=1S/C27H46O9S2/c1-17(2)6-5-7-18(16-35-37(29,30)31)22-10-11-23-21-9-8-19-14-20(36-38(32,33)34)12-13-26(19,3)25(21)24(28)15-27(22,23)4/h8,17-18,20-25,28H,5-7,9-16H2,1-4H3,(H,29,30,31)(H,32,33,34)/t18-,20?,21-,22+,23-,24?,25+,26-,27+/m0/s1. The molecule has 3 saturated carbocycles. The highest BCUT2D eigenvalue weighted by Gasteiger charge is 2.62. The molecule has 2 unspecified atom stereocenters. The monoisotopic (exact) mass is 578 g/mol. The summed E-state index contributed by atoms with van der Waals surface area (Å²) >= 11 is 0. The van der Waals surface area contributed by atoms with Crippen LogP contribution in [0.2, 0.25) is 0 Å². The first-order valence-electron chi connectivity index (χ1n) is 14.2. The molecule has 0 bridgehead atoms. The fraction of sp³-hybridized carbons (Fsp3) is 0.926. The summed E-state index contributed by atoms with van der Waals surface area (Å²) in [6.45, 7) is 8.75. The number of fused-ring (bicyclic) bond motifs is 5. The van der Waals surface area contributed by atoms with E-state index in [1.807, 2.05) is 0 Å². The molecule has 4 aliphatic rings. The molecule has 3 fully saturated rings. The number of allylic oxidation sites excluding steroid dienone is 1. The van der Waals surface area contributed by atoms with Crippen molar-refractivity contribution in [2.45, 2.75) is 104 Å². The Morgan fingerprint density at radius 1 is 1.05 bits per heavy atom. The molecule has 0 aromatic heterocycles. The minimum Gasteiger partial charge on any atom is -0.393 e. The summed E-state index contributed by atoms with van der Waals surface area (Å²) in [4.78, 5) is 0. The molecule has 4 aliphatic carbocycles. The van der Waals surface area contributed by atoms with Crippen LogP contribution in [0.25, 0.3) is 0 Å². The first kappa shape index (κ1) is 30.4. The minimum absolute atomic E-state index is 0.0206. The van der Waals surface area contributed by atoms with E-state index in [1.165, 1.54) is 0 Å². The fourth-order valence-corrected chi connectivity index (χ4v) is 10.0. The van der Waals surface area contributed by atoms with Crippen molar-refractivity contribution in [2.24, 2.45) is 46.3 Å². The van der Waals surface area contributed by atoms with Gasteiger partial charge in [0.1, 0.15) is 0 Å². The molecule has 0 saturated heterocycles. The number of hydrogen-bond acceptors (Lipinski definition) is 7. The lowest BCUT2D eigenvalue weighted by atomic mass is 9.46. The van der Waals surface area contributed by atoms with E-state index in [0.717, 1.165) is 44.1 Å². The Kier molecular flexibility index (Phi) is 8.82. The molecule has 220 valence electrons. The summed E-state index contributed by atoms with van der Waals surface area (Å²) in [6, 6.07) is 0. The van der Waals surface area contributed by atoms with Crippen molar-refractivity contribution in [1.29, 1.82) is 0 Å². The van der Waals surface area contributed by atoms with Crippen LogP contribution in [-0.2, 0) is 29.2 Å².